The molecule has 0 bridgehead atoms. The Kier molecular flexibility index (Phi) is 3.52. The molecule has 0 aliphatic carbocycles. The van der Waals surface area contributed by atoms with Crippen molar-refractivity contribution in [2.45, 2.75) is 18.9 Å². The Morgan fingerprint density at radius 1 is 1.50 bits per heavy atom. The molecule has 3 aliphatic heterocycles. The predicted molar refractivity (Wildman–Crippen MR) is 76.2 cm³/mol. The third-order valence-electron chi connectivity index (χ3n) is 3.53. The smallest absolute Gasteiger partial charge is 0.330 e. The van der Waals surface area contributed by atoms with Crippen LogP contribution in [0.4, 0.5) is 0 Å². The van der Waals surface area contributed by atoms with Gasteiger partial charge in [-0.2, -0.15) is 0 Å². The van der Waals surface area contributed by atoms with E-state index in [1.54, 1.807) is 12.2 Å². The highest BCUT2D eigenvalue weighted by atomic mass is 32.2. The summed E-state index contributed by atoms with van der Waals surface area (Å²) in [6.45, 7) is 2.09. The van der Waals surface area contributed by atoms with Gasteiger partial charge in [-0.15, -0.1) is 0 Å². The second-order valence-corrected chi connectivity index (χ2v) is 5.67. The van der Waals surface area contributed by atoms with Gasteiger partial charge < -0.3 is 14.9 Å². The van der Waals surface area contributed by atoms with Crippen LogP contribution >= 0.6 is 11.8 Å². The number of amidine groups is 1. The number of carboxylic acids is 1. The van der Waals surface area contributed by atoms with Crippen molar-refractivity contribution in [2.75, 3.05) is 19.6 Å². The zero-order chi connectivity index (χ0) is 14.1. The molecule has 20 heavy (non-hydrogen) atoms. The predicted octanol–water partition coefficient (Wildman–Crippen LogP) is 0.878. The first-order chi connectivity index (χ1) is 9.66. The van der Waals surface area contributed by atoms with Gasteiger partial charge in [0, 0.05) is 25.3 Å². The number of hydrogen-bond donors (Lipinski definition) is 1. The van der Waals surface area contributed by atoms with Gasteiger partial charge in [0.25, 0.3) is 0 Å². The Bertz CT molecular complexity index is 541. The van der Waals surface area contributed by atoms with E-state index in [0.717, 1.165) is 30.4 Å². The number of thioether (sulfide) groups is 1. The second kappa shape index (κ2) is 5.32. The van der Waals surface area contributed by atoms with E-state index in [1.165, 1.54) is 16.7 Å². The third kappa shape index (κ3) is 2.33. The molecular formula is C13H15N3O3S. The average molecular weight is 293 g/mol. The maximum Gasteiger partial charge on any atom is 0.330 e. The molecule has 0 aromatic rings. The molecule has 1 atom stereocenters. The Morgan fingerprint density at radius 2 is 2.35 bits per heavy atom. The van der Waals surface area contributed by atoms with Crippen LogP contribution in [0.2, 0.25) is 0 Å². The average Bonchev–Trinajstić information content (AvgIpc) is 3.06. The number of carbonyl (C=O) groups excluding carboxylic acids is 1. The number of rotatable bonds is 3. The molecule has 0 spiro atoms. The Labute approximate surface area is 120 Å². The van der Waals surface area contributed by atoms with Crippen molar-refractivity contribution in [1.29, 1.82) is 0 Å². The van der Waals surface area contributed by atoms with Gasteiger partial charge in [0.05, 0.1) is 6.42 Å². The minimum absolute atomic E-state index is 0.152. The summed E-state index contributed by atoms with van der Waals surface area (Å²) < 4.78 is 0. The lowest BCUT2D eigenvalue weighted by Crippen LogP contribution is -2.42. The van der Waals surface area contributed by atoms with Crippen molar-refractivity contribution in [1.82, 2.24) is 9.80 Å². The topological polar surface area (TPSA) is 73.2 Å². The van der Waals surface area contributed by atoms with Crippen molar-refractivity contribution in [3.63, 3.8) is 0 Å². The van der Waals surface area contributed by atoms with Gasteiger partial charge in [-0.1, -0.05) is 23.9 Å². The lowest BCUT2D eigenvalue weighted by atomic mass is 10.2. The molecule has 3 aliphatic rings. The van der Waals surface area contributed by atoms with Crippen molar-refractivity contribution in [3.05, 3.63) is 23.3 Å². The minimum atomic E-state index is -0.984. The zero-order valence-electron chi connectivity index (χ0n) is 10.9. The SMILES string of the molecule is O=C(O)[C@@H]1C=CCN1C(=O)CC1=CSC2=NCCCN12. The number of carboxylic acid groups (broad SMARTS) is 1. The van der Waals surface area contributed by atoms with Crippen LogP contribution in [0, 0.1) is 0 Å². The van der Waals surface area contributed by atoms with Crippen LogP contribution in [0.3, 0.4) is 0 Å². The standard InChI is InChI=1S/C13H15N3O3S/c17-11(16-5-1-3-10(16)12(18)19)7-9-8-20-13-14-4-2-6-15(9)13/h1,3,8,10H,2,4-7H2,(H,18,19)/t10-/m0/s1. The number of fused-ring (bicyclic) bond motifs is 1. The molecule has 0 saturated carbocycles. The summed E-state index contributed by atoms with van der Waals surface area (Å²) in [5.74, 6) is -1.14. The van der Waals surface area contributed by atoms with E-state index < -0.39 is 12.0 Å². The number of nitrogens with zero attached hydrogens (tertiary/aromatic N) is 3. The first-order valence-corrected chi connectivity index (χ1v) is 7.41. The number of hydrogen-bond acceptors (Lipinski definition) is 5. The van der Waals surface area contributed by atoms with Crippen LogP contribution < -0.4 is 0 Å². The van der Waals surface area contributed by atoms with Crippen molar-refractivity contribution < 1.29 is 14.7 Å². The largest absolute Gasteiger partial charge is 0.479 e. The van der Waals surface area contributed by atoms with E-state index >= 15 is 0 Å². The summed E-state index contributed by atoms with van der Waals surface area (Å²) in [6.07, 6.45) is 4.50. The van der Waals surface area contributed by atoms with E-state index in [0.29, 0.717) is 6.54 Å². The van der Waals surface area contributed by atoms with Gasteiger partial charge in [0.15, 0.2) is 5.17 Å². The van der Waals surface area contributed by atoms with E-state index in [9.17, 15) is 9.59 Å². The summed E-state index contributed by atoms with van der Waals surface area (Å²) in [5, 5.41) is 12.0. The molecule has 0 aromatic heterocycles. The van der Waals surface area contributed by atoms with Crippen molar-refractivity contribution in [3.8, 4) is 0 Å². The van der Waals surface area contributed by atoms with Gasteiger partial charge in [0.1, 0.15) is 6.04 Å². The first-order valence-electron chi connectivity index (χ1n) is 6.53. The highest BCUT2D eigenvalue weighted by Gasteiger charge is 2.33. The van der Waals surface area contributed by atoms with Gasteiger partial charge in [0.2, 0.25) is 5.91 Å². The normalized spacial score (nSPS) is 24.5. The summed E-state index contributed by atoms with van der Waals surface area (Å²) in [5.41, 5.74) is 0.925. The molecule has 0 radical (unpaired) electrons. The lowest BCUT2D eigenvalue weighted by Gasteiger charge is -2.27. The van der Waals surface area contributed by atoms with Gasteiger partial charge in [-0.3, -0.25) is 9.79 Å². The van der Waals surface area contributed by atoms with Crippen LogP contribution in [-0.4, -0.2) is 57.6 Å². The summed E-state index contributed by atoms with van der Waals surface area (Å²) in [4.78, 5) is 31.3. The van der Waals surface area contributed by atoms with E-state index in [-0.39, 0.29) is 12.3 Å². The third-order valence-corrected chi connectivity index (χ3v) is 4.48. The molecule has 3 rings (SSSR count). The van der Waals surface area contributed by atoms with Crippen molar-refractivity contribution in [2.24, 2.45) is 4.99 Å². The summed E-state index contributed by atoms with van der Waals surface area (Å²) in [7, 11) is 0. The fraction of sp³-hybridized carbons (Fsp3) is 0.462. The molecule has 1 N–H and O–H groups in total. The molecule has 3 heterocycles. The molecule has 7 heteroatoms. The lowest BCUT2D eigenvalue weighted by molar-refractivity contribution is -0.146. The number of amides is 1. The fourth-order valence-corrected chi connectivity index (χ4v) is 3.48. The highest BCUT2D eigenvalue weighted by Crippen LogP contribution is 2.31. The Hall–Kier alpha value is -1.76. The second-order valence-electron chi connectivity index (χ2n) is 4.83. The van der Waals surface area contributed by atoms with E-state index in [2.05, 4.69) is 9.89 Å². The number of aliphatic carboxylic acids is 1. The molecule has 0 unspecified atom stereocenters. The van der Waals surface area contributed by atoms with Gasteiger partial charge >= 0.3 is 5.97 Å². The van der Waals surface area contributed by atoms with Gasteiger partial charge in [-0.05, 0) is 11.8 Å². The summed E-state index contributed by atoms with van der Waals surface area (Å²) >= 11 is 1.54. The van der Waals surface area contributed by atoms with Crippen LogP contribution in [0.15, 0.2) is 28.2 Å². The van der Waals surface area contributed by atoms with E-state index in [4.69, 9.17) is 5.11 Å². The minimum Gasteiger partial charge on any atom is -0.479 e. The molecule has 0 fully saturated rings. The molecule has 6 nitrogen and oxygen atoms in total. The molecule has 0 aromatic carbocycles. The zero-order valence-corrected chi connectivity index (χ0v) is 11.7. The first kappa shape index (κ1) is 13.2. The quantitative estimate of drug-likeness (QED) is 0.782. The highest BCUT2D eigenvalue weighted by molar-refractivity contribution is 8.16. The van der Waals surface area contributed by atoms with Crippen molar-refractivity contribution >= 4 is 28.8 Å². The molecular weight excluding hydrogens is 278 g/mol. The Morgan fingerprint density at radius 3 is 3.15 bits per heavy atom. The fourth-order valence-electron chi connectivity index (χ4n) is 2.52. The van der Waals surface area contributed by atoms with Crippen LogP contribution in [0.1, 0.15) is 12.8 Å². The monoisotopic (exact) mass is 293 g/mol. The van der Waals surface area contributed by atoms with E-state index in [1.807, 2.05) is 5.41 Å². The molecule has 1 amide bonds. The molecule has 0 saturated heterocycles. The Balaban J connectivity index is 1.67. The van der Waals surface area contributed by atoms with Crippen LogP contribution in [-0.2, 0) is 9.59 Å². The molecule has 106 valence electrons. The van der Waals surface area contributed by atoms with Crippen LogP contribution in [0.25, 0.3) is 0 Å². The maximum absolute atomic E-state index is 12.3. The van der Waals surface area contributed by atoms with Crippen LogP contribution in [0.5, 0.6) is 0 Å². The maximum atomic E-state index is 12.3. The summed E-state index contributed by atoms with van der Waals surface area (Å²) in [6, 6.07) is -0.827. The number of carbonyl (C=O) groups is 2. The van der Waals surface area contributed by atoms with Gasteiger partial charge in [-0.25, -0.2) is 4.79 Å². The number of aliphatic imine (C=N–C) groups is 1.